The van der Waals surface area contributed by atoms with Crippen LogP contribution < -0.4 is 0 Å². The van der Waals surface area contributed by atoms with Crippen molar-refractivity contribution in [2.24, 2.45) is 0 Å². The Kier molecular flexibility index (Phi) is 5.48. The van der Waals surface area contributed by atoms with Crippen LogP contribution in [0.5, 0.6) is 0 Å². The minimum absolute atomic E-state index is 0.239. The molecule has 2 aromatic heterocycles. The fraction of sp³-hybridized carbons (Fsp3) is 0.182. The second kappa shape index (κ2) is 8.36. The van der Waals surface area contributed by atoms with Crippen LogP contribution in [-0.2, 0) is 11.2 Å². The Morgan fingerprint density at radius 2 is 1.83 bits per heavy atom. The van der Waals surface area contributed by atoms with E-state index in [4.69, 9.17) is 9.15 Å². The van der Waals surface area contributed by atoms with Crippen LogP contribution in [0.2, 0.25) is 0 Å². The Morgan fingerprint density at radius 1 is 1.07 bits per heavy atom. The third-order valence-electron chi connectivity index (χ3n) is 4.42. The summed E-state index contributed by atoms with van der Waals surface area (Å²) in [6.45, 7) is 3.80. The summed E-state index contributed by atoms with van der Waals surface area (Å²) in [6.07, 6.45) is 0.302. The van der Waals surface area contributed by atoms with Crippen LogP contribution in [0.25, 0.3) is 22.0 Å². The van der Waals surface area contributed by atoms with Crippen LogP contribution in [0.1, 0.15) is 41.9 Å². The number of carbonyl (C=O) groups is 1. The van der Waals surface area contributed by atoms with E-state index in [0.29, 0.717) is 5.89 Å². The molecule has 0 saturated carbocycles. The van der Waals surface area contributed by atoms with Crippen molar-refractivity contribution in [3.8, 4) is 22.0 Å². The fourth-order valence-electron chi connectivity index (χ4n) is 2.75. The molecule has 0 radical (unpaired) electrons. The van der Waals surface area contributed by atoms with Gasteiger partial charge < -0.3 is 9.15 Å². The molecule has 0 N–H and O–H groups in total. The van der Waals surface area contributed by atoms with Crippen LogP contribution in [0.4, 0.5) is 0 Å². The highest BCUT2D eigenvalue weighted by atomic mass is 32.1. The quantitative estimate of drug-likeness (QED) is 0.403. The first-order valence-corrected chi connectivity index (χ1v) is 10.2. The van der Waals surface area contributed by atoms with Gasteiger partial charge in [0, 0.05) is 16.5 Å². The lowest BCUT2D eigenvalue weighted by atomic mass is 10.1. The number of aromatic nitrogens is 3. The maximum absolute atomic E-state index is 12.5. The average molecular weight is 405 g/mol. The van der Waals surface area contributed by atoms with Gasteiger partial charge in [0.15, 0.2) is 11.8 Å². The molecule has 2 aromatic carbocycles. The molecule has 0 bridgehead atoms. The summed E-state index contributed by atoms with van der Waals surface area (Å²) in [7, 11) is 0. The molecule has 1 atom stereocenters. The van der Waals surface area contributed by atoms with Crippen molar-refractivity contribution >= 4 is 17.3 Å². The van der Waals surface area contributed by atoms with Gasteiger partial charge in [-0.15, -0.1) is 21.5 Å². The highest BCUT2D eigenvalue weighted by Crippen LogP contribution is 2.26. The Bertz CT molecular complexity index is 1100. The van der Waals surface area contributed by atoms with Gasteiger partial charge in [-0.05, 0) is 31.0 Å². The van der Waals surface area contributed by atoms with Crippen LogP contribution >= 0.6 is 11.3 Å². The van der Waals surface area contributed by atoms with Gasteiger partial charge in [0.25, 0.3) is 5.89 Å². The van der Waals surface area contributed by atoms with Crippen molar-refractivity contribution in [2.45, 2.75) is 26.4 Å². The Morgan fingerprint density at radius 3 is 2.55 bits per heavy atom. The van der Waals surface area contributed by atoms with Gasteiger partial charge in [-0.25, -0.2) is 9.78 Å². The highest BCUT2D eigenvalue weighted by Gasteiger charge is 2.21. The average Bonchev–Trinajstić information content (AvgIpc) is 3.45. The number of hydrogen-bond acceptors (Lipinski definition) is 7. The number of nitrogens with zero attached hydrogens (tertiary/aromatic N) is 3. The van der Waals surface area contributed by atoms with Gasteiger partial charge in [0.1, 0.15) is 5.01 Å². The number of ether oxygens (including phenoxy) is 1. The molecule has 0 aliphatic carbocycles. The zero-order chi connectivity index (χ0) is 20.2. The zero-order valence-electron chi connectivity index (χ0n) is 16.0. The van der Waals surface area contributed by atoms with Crippen LogP contribution in [0.15, 0.2) is 64.4 Å². The van der Waals surface area contributed by atoms with E-state index in [1.54, 1.807) is 12.3 Å². The van der Waals surface area contributed by atoms with Crippen LogP contribution in [0.3, 0.4) is 0 Å². The first-order valence-electron chi connectivity index (χ1n) is 9.28. The second-order valence-electron chi connectivity index (χ2n) is 6.45. The number of thiazole rings is 1. The maximum atomic E-state index is 12.5. The first kappa shape index (κ1) is 19.0. The Hall–Kier alpha value is -3.32. The van der Waals surface area contributed by atoms with Gasteiger partial charge >= 0.3 is 5.97 Å². The van der Waals surface area contributed by atoms with E-state index in [1.807, 2.05) is 42.5 Å². The molecular formula is C22H19N3O3S. The summed E-state index contributed by atoms with van der Waals surface area (Å²) in [5.41, 5.74) is 3.30. The molecule has 6 nitrogen and oxygen atoms in total. The molecule has 7 heteroatoms. The van der Waals surface area contributed by atoms with Crippen molar-refractivity contribution in [3.05, 3.63) is 77.1 Å². The summed E-state index contributed by atoms with van der Waals surface area (Å²) in [5.74, 6) is 0.0995. The van der Waals surface area contributed by atoms with Crippen molar-refractivity contribution < 1.29 is 13.9 Å². The fourth-order valence-corrected chi connectivity index (χ4v) is 3.55. The minimum atomic E-state index is -0.679. The molecule has 1 unspecified atom stereocenters. The van der Waals surface area contributed by atoms with Gasteiger partial charge in [0.05, 0.1) is 0 Å². The van der Waals surface area contributed by atoms with Crippen molar-refractivity contribution in [1.82, 2.24) is 15.2 Å². The molecule has 146 valence electrons. The summed E-state index contributed by atoms with van der Waals surface area (Å²) in [6, 6.07) is 17.6. The van der Waals surface area contributed by atoms with Crippen LogP contribution in [0, 0.1) is 0 Å². The number of benzene rings is 2. The predicted octanol–water partition coefficient (Wildman–Crippen LogP) is 5.34. The van der Waals surface area contributed by atoms with E-state index < -0.39 is 12.1 Å². The number of hydrogen-bond donors (Lipinski definition) is 0. The molecule has 0 spiro atoms. The monoisotopic (exact) mass is 405 g/mol. The third-order valence-corrected chi connectivity index (χ3v) is 5.31. The molecule has 29 heavy (non-hydrogen) atoms. The van der Waals surface area contributed by atoms with Gasteiger partial charge in [-0.3, -0.25) is 0 Å². The number of carbonyl (C=O) groups excluding carboxylic acids is 1. The van der Waals surface area contributed by atoms with Gasteiger partial charge in [0.2, 0.25) is 5.89 Å². The van der Waals surface area contributed by atoms with E-state index in [-0.39, 0.29) is 11.6 Å². The molecule has 4 rings (SSSR count). The molecule has 0 aliphatic rings. The SMILES string of the molecule is CCc1ccc(-c2nc(C(=O)OC(C)c3nnc(-c4ccccc4)o3)cs2)cc1. The summed E-state index contributed by atoms with van der Waals surface area (Å²) in [4.78, 5) is 16.9. The Labute approximate surface area is 172 Å². The largest absolute Gasteiger partial charge is 0.448 e. The summed E-state index contributed by atoms with van der Waals surface area (Å²) in [5, 5.41) is 10.5. The number of aryl methyl sites for hydroxylation is 1. The molecule has 0 aliphatic heterocycles. The Balaban J connectivity index is 1.44. The normalized spacial score (nSPS) is 11.9. The van der Waals surface area contributed by atoms with Crippen molar-refractivity contribution in [3.63, 3.8) is 0 Å². The lowest BCUT2D eigenvalue weighted by Crippen LogP contribution is -2.10. The third kappa shape index (κ3) is 4.25. The summed E-state index contributed by atoms with van der Waals surface area (Å²) < 4.78 is 11.1. The van der Waals surface area contributed by atoms with E-state index in [0.717, 1.165) is 22.6 Å². The first-order chi connectivity index (χ1) is 14.1. The second-order valence-corrected chi connectivity index (χ2v) is 7.31. The molecule has 0 fully saturated rings. The molecule has 4 aromatic rings. The van der Waals surface area contributed by atoms with E-state index in [9.17, 15) is 4.79 Å². The van der Waals surface area contributed by atoms with Gasteiger partial charge in [-0.2, -0.15) is 0 Å². The van der Waals surface area contributed by atoms with Crippen LogP contribution in [-0.4, -0.2) is 21.2 Å². The molecule has 0 saturated heterocycles. The van der Waals surface area contributed by atoms with Gasteiger partial charge in [-0.1, -0.05) is 49.4 Å². The van der Waals surface area contributed by atoms with E-state index in [1.165, 1.54) is 16.9 Å². The summed E-state index contributed by atoms with van der Waals surface area (Å²) >= 11 is 1.41. The van der Waals surface area contributed by atoms with Crippen molar-refractivity contribution in [2.75, 3.05) is 0 Å². The molecular weight excluding hydrogens is 386 g/mol. The van der Waals surface area contributed by atoms with Crippen molar-refractivity contribution in [1.29, 1.82) is 0 Å². The van der Waals surface area contributed by atoms with E-state index in [2.05, 4.69) is 34.2 Å². The standard InChI is InChI=1S/C22H19N3O3S/c1-3-15-9-11-17(12-10-15)21-23-18(13-29-21)22(26)27-14(2)19-24-25-20(28-19)16-7-5-4-6-8-16/h4-14H,3H2,1-2H3. The maximum Gasteiger partial charge on any atom is 0.358 e. The number of esters is 1. The number of rotatable bonds is 6. The topological polar surface area (TPSA) is 78.1 Å². The minimum Gasteiger partial charge on any atom is -0.448 e. The smallest absolute Gasteiger partial charge is 0.358 e. The van der Waals surface area contributed by atoms with E-state index >= 15 is 0 Å². The lowest BCUT2D eigenvalue weighted by Gasteiger charge is -2.07. The lowest BCUT2D eigenvalue weighted by molar-refractivity contribution is 0.0274. The zero-order valence-corrected chi connectivity index (χ0v) is 16.8. The highest BCUT2D eigenvalue weighted by molar-refractivity contribution is 7.13. The molecule has 0 amide bonds. The predicted molar refractivity (Wildman–Crippen MR) is 110 cm³/mol. The molecule has 2 heterocycles.